The summed E-state index contributed by atoms with van der Waals surface area (Å²) in [4.78, 5) is 21.9. The van der Waals surface area contributed by atoms with Gasteiger partial charge in [-0.2, -0.15) is 43.2 Å². The minimum absolute atomic E-state index is 0.179. The summed E-state index contributed by atoms with van der Waals surface area (Å²) in [6, 6.07) is 0. The Hall–Kier alpha value is -2.28. The van der Waals surface area contributed by atoms with Gasteiger partial charge in [-0.1, -0.05) is 0 Å². The van der Waals surface area contributed by atoms with Crippen molar-refractivity contribution in [2.45, 2.75) is 11.0 Å². The Morgan fingerprint density at radius 2 is 0.958 bits per heavy atom. The molecule has 0 saturated heterocycles. The minimum Gasteiger partial charge on any atom is -0.285 e. The molecule has 0 unspecified atom stereocenters. The molecule has 0 aromatic heterocycles. The topological polar surface area (TPSA) is 127 Å². The molecule has 0 saturated carbocycles. The number of alkyl halides is 6. The summed E-state index contributed by atoms with van der Waals surface area (Å²) in [7, 11) is -12.0. The van der Waals surface area contributed by atoms with E-state index in [-0.39, 0.29) is 12.2 Å². The Balaban J connectivity index is 5.29. The van der Waals surface area contributed by atoms with Gasteiger partial charge in [0.15, 0.2) is 0 Å². The van der Waals surface area contributed by atoms with E-state index >= 15 is 0 Å². The Bertz CT molecular complexity index is 793. The highest BCUT2D eigenvalue weighted by atomic mass is 32.2. The van der Waals surface area contributed by atoms with Gasteiger partial charge in [0, 0.05) is 11.7 Å². The minimum atomic E-state index is -6.00. The molecule has 0 bridgehead atoms. The monoisotopic (exact) mass is 400 g/mol. The highest BCUT2D eigenvalue weighted by Gasteiger charge is 2.46. The average Bonchev–Trinajstić information content (AvgIpc) is 2.35. The number of hydrogen-bond donors (Lipinski definition) is 0. The van der Waals surface area contributed by atoms with Gasteiger partial charge in [-0.05, 0) is 0 Å². The standard InChI is InChI=1S/C8H2F6N2O6S2/c9-7(10,11)23(19,20)15-3-1-5(17)6(18)2-4-16-24(21,22)8(12,13)14/h1-2H. The lowest BCUT2D eigenvalue weighted by Gasteiger charge is -1.99. The summed E-state index contributed by atoms with van der Waals surface area (Å²) in [5, 5.41) is 0. The third-order valence-electron chi connectivity index (χ3n) is 1.56. The summed E-state index contributed by atoms with van der Waals surface area (Å²) >= 11 is 0. The number of halogens is 6. The molecule has 0 fully saturated rings. The molecule has 0 spiro atoms. The molecular formula is C8H2F6N2O6S2. The van der Waals surface area contributed by atoms with E-state index in [1.54, 1.807) is 0 Å². The quantitative estimate of drug-likeness (QED) is 0.282. The average molecular weight is 400 g/mol. The van der Waals surface area contributed by atoms with Gasteiger partial charge in [-0.3, -0.25) is 9.59 Å². The first-order valence-electron chi connectivity index (χ1n) is 4.83. The maximum atomic E-state index is 11.8. The molecule has 0 N–H and O–H groups in total. The number of carbonyl (C=O) groups excluding carboxylic acids is 2. The molecule has 134 valence electrons. The van der Waals surface area contributed by atoms with E-state index in [0.29, 0.717) is 0 Å². The molecule has 0 aromatic rings. The number of nitrogens with zero attached hydrogens (tertiary/aromatic N) is 2. The third kappa shape index (κ3) is 6.08. The van der Waals surface area contributed by atoms with E-state index in [1.807, 2.05) is 8.80 Å². The van der Waals surface area contributed by atoms with Crippen LogP contribution in [-0.2, 0) is 29.6 Å². The Kier molecular flexibility index (Phi) is 6.41. The van der Waals surface area contributed by atoms with Gasteiger partial charge in [-0.15, -0.1) is 8.80 Å². The highest BCUT2D eigenvalue weighted by molar-refractivity contribution is 7.91. The van der Waals surface area contributed by atoms with Crippen LogP contribution in [0.4, 0.5) is 26.3 Å². The summed E-state index contributed by atoms with van der Waals surface area (Å²) in [5.41, 5.74) is -11.6. The van der Waals surface area contributed by atoms with Gasteiger partial charge in [0.1, 0.15) is 0 Å². The van der Waals surface area contributed by atoms with Crippen LogP contribution in [0.3, 0.4) is 0 Å². The second kappa shape index (κ2) is 7.09. The predicted molar refractivity (Wildman–Crippen MR) is 64.0 cm³/mol. The van der Waals surface area contributed by atoms with E-state index in [4.69, 9.17) is 0 Å². The zero-order chi connectivity index (χ0) is 19.4. The third-order valence-corrected chi connectivity index (χ3v) is 3.43. The summed E-state index contributed by atoms with van der Waals surface area (Å²) in [6.07, 6.45) is -0.357. The Labute approximate surface area is 129 Å². The van der Waals surface area contributed by atoms with Crippen molar-refractivity contribution in [3.63, 3.8) is 0 Å². The first-order chi connectivity index (χ1) is 10.5. The van der Waals surface area contributed by atoms with Crippen LogP contribution in [0.1, 0.15) is 0 Å². The second-order valence-corrected chi connectivity index (χ2v) is 6.49. The van der Waals surface area contributed by atoms with Crippen LogP contribution in [0.5, 0.6) is 0 Å². The van der Waals surface area contributed by atoms with Crippen LogP contribution in [-0.4, -0.2) is 51.2 Å². The Morgan fingerprint density at radius 3 is 1.17 bits per heavy atom. The van der Waals surface area contributed by atoms with Gasteiger partial charge in [0.25, 0.3) is 0 Å². The summed E-state index contributed by atoms with van der Waals surface area (Å²) in [6.45, 7) is 0. The molecule has 0 rings (SSSR count). The van der Waals surface area contributed by atoms with Crippen LogP contribution in [0.15, 0.2) is 20.9 Å². The molecule has 0 aliphatic heterocycles. The largest absolute Gasteiger partial charge is 0.519 e. The van der Waals surface area contributed by atoms with Crippen LogP contribution in [0.25, 0.3) is 0 Å². The molecule has 0 radical (unpaired) electrons. The number of allylic oxidation sites excluding steroid dienone is 2. The lowest BCUT2D eigenvalue weighted by molar-refractivity contribution is -0.130. The first kappa shape index (κ1) is 21.7. The van der Waals surface area contributed by atoms with Crippen molar-refractivity contribution in [2.75, 3.05) is 0 Å². The maximum absolute atomic E-state index is 11.8. The van der Waals surface area contributed by atoms with Crippen LogP contribution in [0.2, 0.25) is 0 Å². The fraction of sp³-hybridized carbons (Fsp3) is 0.250. The lowest BCUT2D eigenvalue weighted by Crippen LogP contribution is -2.20. The van der Waals surface area contributed by atoms with E-state index < -0.39 is 42.6 Å². The number of hydrogen-bond acceptors (Lipinski definition) is 6. The zero-order valence-corrected chi connectivity index (χ0v) is 12.2. The molecule has 0 aliphatic rings. The molecule has 0 aliphatic carbocycles. The van der Waals surface area contributed by atoms with Crippen molar-refractivity contribution in [2.24, 2.45) is 8.80 Å². The van der Waals surface area contributed by atoms with E-state index in [1.165, 1.54) is 0 Å². The van der Waals surface area contributed by atoms with Crippen molar-refractivity contribution >= 4 is 43.4 Å². The first-order valence-corrected chi connectivity index (χ1v) is 7.71. The predicted octanol–water partition coefficient (Wildman–Crippen LogP) is 0.276. The highest BCUT2D eigenvalue weighted by Crippen LogP contribution is 2.24. The number of ketones is 2. The molecule has 8 nitrogen and oxygen atoms in total. The van der Waals surface area contributed by atoms with E-state index in [2.05, 4.69) is 0 Å². The molecule has 0 heterocycles. The van der Waals surface area contributed by atoms with Gasteiger partial charge >= 0.3 is 31.1 Å². The SMILES string of the molecule is O=C(C=C=NS(=O)(=O)C(F)(F)F)C(=O)C=C=NS(=O)(=O)C(F)(F)F. The van der Waals surface area contributed by atoms with Crippen molar-refractivity contribution in [3.05, 3.63) is 12.2 Å². The summed E-state index contributed by atoms with van der Waals surface area (Å²) in [5.74, 6) is -1.60. The molecule has 24 heavy (non-hydrogen) atoms. The fourth-order valence-electron chi connectivity index (χ4n) is 0.554. The van der Waals surface area contributed by atoms with Crippen LogP contribution in [0, 0.1) is 0 Å². The zero-order valence-electron chi connectivity index (χ0n) is 10.6. The summed E-state index contributed by atoms with van der Waals surface area (Å²) < 4.78 is 116. The number of rotatable bonds is 5. The van der Waals surface area contributed by atoms with Crippen molar-refractivity contribution < 1.29 is 52.8 Å². The molecular weight excluding hydrogens is 398 g/mol. The normalized spacial score (nSPS) is 12.4. The maximum Gasteiger partial charge on any atom is 0.519 e. The smallest absolute Gasteiger partial charge is 0.285 e. The lowest BCUT2D eigenvalue weighted by atomic mass is 10.2. The Morgan fingerprint density at radius 1 is 0.708 bits per heavy atom. The van der Waals surface area contributed by atoms with Crippen LogP contribution < -0.4 is 0 Å². The van der Waals surface area contributed by atoms with Gasteiger partial charge < -0.3 is 0 Å². The fourth-order valence-corrected chi connectivity index (χ4v) is 1.14. The van der Waals surface area contributed by atoms with Gasteiger partial charge in [0.2, 0.25) is 11.6 Å². The van der Waals surface area contributed by atoms with E-state index in [0.717, 1.165) is 11.7 Å². The van der Waals surface area contributed by atoms with E-state index in [9.17, 15) is 52.8 Å². The molecule has 0 atom stereocenters. The number of carbonyl (C=O) groups is 2. The van der Waals surface area contributed by atoms with Crippen molar-refractivity contribution in [1.29, 1.82) is 0 Å². The van der Waals surface area contributed by atoms with Crippen molar-refractivity contribution in [1.82, 2.24) is 0 Å². The molecule has 0 amide bonds. The molecule has 16 heteroatoms. The van der Waals surface area contributed by atoms with Crippen molar-refractivity contribution in [3.8, 4) is 0 Å². The van der Waals surface area contributed by atoms with Crippen LogP contribution >= 0.6 is 0 Å². The second-order valence-electron chi connectivity index (χ2n) is 3.30. The molecule has 0 aromatic carbocycles. The number of sulfonamides is 2. The van der Waals surface area contributed by atoms with Gasteiger partial charge in [-0.25, -0.2) is 0 Å². The van der Waals surface area contributed by atoms with Gasteiger partial charge in [0.05, 0.1) is 12.2 Å².